The van der Waals surface area contributed by atoms with Gasteiger partial charge in [-0.25, -0.2) is 9.97 Å². The first-order valence-corrected chi connectivity index (χ1v) is 7.68. The number of hydrogen-bond acceptors (Lipinski definition) is 4. The van der Waals surface area contributed by atoms with Crippen LogP contribution < -0.4 is 10.2 Å². The van der Waals surface area contributed by atoms with Gasteiger partial charge in [0.05, 0.1) is 0 Å². The fourth-order valence-corrected chi connectivity index (χ4v) is 2.37. The molecule has 0 fully saturated rings. The normalized spacial score (nSPS) is 10.3. The number of nitrogens with one attached hydrogen (secondary N) is 1. The van der Waals surface area contributed by atoms with Crippen molar-refractivity contribution in [1.29, 1.82) is 0 Å². The molecule has 5 heteroatoms. The maximum absolute atomic E-state index is 5.90. The zero-order valence-corrected chi connectivity index (χ0v) is 13.5. The lowest BCUT2D eigenvalue weighted by molar-refractivity contribution is 0.892. The summed E-state index contributed by atoms with van der Waals surface area (Å²) in [5.74, 6) is 1.61. The van der Waals surface area contributed by atoms with E-state index >= 15 is 0 Å². The van der Waals surface area contributed by atoms with Gasteiger partial charge in [0.1, 0.15) is 18.0 Å². The van der Waals surface area contributed by atoms with Crippen LogP contribution >= 0.6 is 11.6 Å². The summed E-state index contributed by atoms with van der Waals surface area (Å²) in [6.07, 6.45) is 1.56. The van der Waals surface area contributed by atoms with Gasteiger partial charge in [-0.15, -0.1) is 0 Å². The zero-order chi connectivity index (χ0) is 16.1. The van der Waals surface area contributed by atoms with Crippen LogP contribution in [0.3, 0.4) is 0 Å². The van der Waals surface area contributed by atoms with Gasteiger partial charge in [0.25, 0.3) is 0 Å². The molecule has 2 aromatic carbocycles. The van der Waals surface area contributed by atoms with E-state index in [1.807, 2.05) is 55.6 Å². The number of hydrogen-bond donors (Lipinski definition) is 1. The van der Waals surface area contributed by atoms with Gasteiger partial charge in [0.15, 0.2) is 0 Å². The highest BCUT2D eigenvalue weighted by Crippen LogP contribution is 2.20. The minimum absolute atomic E-state index is 0.710. The van der Waals surface area contributed by atoms with Crippen molar-refractivity contribution in [2.45, 2.75) is 6.54 Å². The monoisotopic (exact) mass is 324 g/mol. The van der Waals surface area contributed by atoms with Gasteiger partial charge in [0.2, 0.25) is 0 Å². The van der Waals surface area contributed by atoms with Crippen LogP contribution in [0.5, 0.6) is 0 Å². The Morgan fingerprint density at radius 3 is 2.48 bits per heavy atom. The first-order chi connectivity index (χ1) is 11.2. The van der Waals surface area contributed by atoms with Gasteiger partial charge in [0, 0.05) is 30.4 Å². The summed E-state index contributed by atoms with van der Waals surface area (Å²) in [6, 6.07) is 19.7. The van der Waals surface area contributed by atoms with Crippen molar-refractivity contribution in [3.8, 4) is 0 Å². The molecule has 3 rings (SSSR count). The van der Waals surface area contributed by atoms with Crippen molar-refractivity contribution in [3.05, 3.63) is 77.6 Å². The second-order valence-electron chi connectivity index (χ2n) is 5.23. The van der Waals surface area contributed by atoms with Gasteiger partial charge < -0.3 is 10.2 Å². The van der Waals surface area contributed by atoms with Crippen LogP contribution in [0.15, 0.2) is 67.0 Å². The van der Waals surface area contributed by atoms with Crippen molar-refractivity contribution in [3.63, 3.8) is 0 Å². The number of rotatable bonds is 5. The van der Waals surface area contributed by atoms with Crippen LogP contribution in [-0.2, 0) is 6.54 Å². The largest absolute Gasteiger partial charge is 0.355 e. The van der Waals surface area contributed by atoms with Crippen molar-refractivity contribution in [2.24, 2.45) is 0 Å². The maximum Gasteiger partial charge on any atom is 0.135 e. The summed E-state index contributed by atoms with van der Waals surface area (Å²) >= 11 is 5.90. The van der Waals surface area contributed by atoms with Crippen molar-refractivity contribution in [2.75, 3.05) is 17.3 Å². The molecule has 0 saturated carbocycles. The molecule has 4 nitrogen and oxygen atoms in total. The molecular weight excluding hydrogens is 308 g/mol. The van der Waals surface area contributed by atoms with E-state index in [1.165, 1.54) is 5.56 Å². The molecule has 1 heterocycles. The van der Waals surface area contributed by atoms with Crippen molar-refractivity contribution in [1.82, 2.24) is 9.97 Å². The van der Waals surface area contributed by atoms with Crippen LogP contribution in [0.2, 0.25) is 5.02 Å². The lowest BCUT2D eigenvalue weighted by atomic mass is 10.2. The Hall–Kier alpha value is -2.59. The van der Waals surface area contributed by atoms with Gasteiger partial charge in [-0.1, -0.05) is 41.9 Å². The molecule has 3 aromatic rings. The first-order valence-electron chi connectivity index (χ1n) is 7.30. The molecule has 0 spiro atoms. The average Bonchev–Trinajstić information content (AvgIpc) is 2.58. The van der Waals surface area contributed by atoms with Crippen LogP contribution in [0.1, 0.15) is 5.56 Å². The minimum Gasteiger partial charge on any atom is -0.355 e. The molecule has 0 aliphatic carbocycles. The van der Waals surface area contributed by atoms with E-state index in [2.05, 4.69) is 32.3 Å². The third kappa shape index (κ3) is 4.20. The van der Waals surface area contributed by atoms with Gasteiger partial charge in [-0.05, 0) is 29.8 Å². The van der Waals surface area contributed by atoms with Crippen molar-refractivity contribution < 1.29 is 0 Å². The molecule has 0 aliphatic heterocycles. The van der Waals surface area contributed by atoms with Gasteiger partial charge in [-0.3, -0.25) is 0 Å². The summed E-state index contributed by atoms with van der Waals surface area (Å²) in [7, 11) is 2.02. The first kappa shape index (κ1) is 15.3. The predicted molar refractivity (Wildman–Crippen MR) is 95.3 cm³/mol. The van der Waals surface area contributed by atoms with E-state index in [-0.39, 0.29) is 0 Å². The van der Waals surface area contributed by atoms with E-state index in [0.717, 1.165) is 23.9 Å². The average molecular weight is 325 g/mol. The number of benzene rings is 2. The minimum atomic E-state index is 0.710. The second kappa shape index (κ2) is 7.11. The maximum atomic E-state index is 5.90. The SMILES string of the molecule is CN(Cc1ccccc1)c1cc(Nc2ccc(Cl)cc2)ncn1. The summed E-state index contributed by atoms with van der Waals surface area (Å²) < 4.78 is 0. The quantitative estimate of drug-likeness (QED) is 0.749. The van der Waals surface area contributed by atoms with E-state index in [9.17, 15) is 0 Å². The van der Waals surface area contributed by atoms with E-state index in [1.54, 1.807) is 6.33 Å². The van der Waals surface area contributed by atoms with E-state index < -0.39 is 0 Å². The highest BCUT2D eigenvalue weighted by molar-refractivity contribution is 6.30. The Morgan fingerprint density at radius 1 is 1.00 bits per heavy atom. The Bertz CT molecular complexity index is 759. The Morgan fingerprint density at radius 2 is 1.74 bits per heavy atom. The van der Waals surface area contributed by atoms with Gasteiger partial charge in [-0.2, -0.15) is 0 Å². The zero-order valence-electron chi connectivity index (χ0n) is 12.8. The Balaban J connectivity index is 1.72. The molecule has 0 aliphatic rings. The highest BCUT2D eigenvalue weighted by atomic mass is 35.5. The topological polar surface area (TPSA) is 41.0 Å². The molecule has 0 unspecified atom stereocenters. The lowest BCUT2D eigenvalue weighted by Crippen LogP contribution is -2.17. The molecular formula is C18H17ClN4. The number of aromatic nitrogens is 2. The van der Waals surface area contributed by atoms with Crippen LogP contribution in [0.25, 0.3) is 0 Å². The molecule has 0 bridgehead atoms. The number of nitrogens with zero attached hydrogens (tertiary/aromatic N) is 3. The van der Waals surface area contributed by atoms with Crippen LogP contribution in [0.4, 0.5) is 17.3 Å². The standard InChI is InChI=1S/C18H17ClN4/c1-23(12-14-5-3-2-4-6-14)18-11-17(20-13-21-18)22-16-9-7-15(19)8-10-16/h2-11,13H,12H2,1H3,(H,20,21,22). The summed E-state index contributed by atoms with van der Waals surface area (Å²) in [6.45, 7) is 0.790. The van der Waals surface area contributed by atoms with Gasteiger partial charge >= 0.3 is 0 Å². The molecule has 23 heavy (non-hydrogen) atoms. The summed E-state index contributed by atoms with van der Waals surface area (Å²) in [5, 5.41) is 3.96. The number of anilines is 3. The molecule has 116 valence electrons. The Kier molecular flexibility index (Phi) is 4.74. The summed E-state index contributed by atoms with van der Waals surface area (Å²) in [4.78, 5) is 10.7. The summed E-state index contributed by atoms with van der Waals surface area (Å²) in [5.41, 5.74) is 2.17. The fraction of sp³-hybridized carbons (Fsp3) is 0.111. The fourth-order valence-electron chi connectivity index (χ4n) is 2.24. The molecule has 0 atom stereocenters. The predicted octanol–water partition coefficient (Wildman–Crippen LogP) is 4.51. The van der Waals surface area contributed by atoms with Crippen molar-refractivity contribution >= 4 is 28.9 Å². The lowest BCUT2D eigenvalue weighted by Gasteiger charge is -2.18. The molecule has 0 saturated heterocycles. The second-order valence-corrected chi connectivity index (χ2v) is 5.67. The third-order valence-corrected chi connectivity index (χ3v) is 3.67. The Labute approximate surface area is 140 Å². The molecule has 1 N–H and O–H groups in total. The van der Waals surface area contributed by atoms with Crippen LogP contribution in [-0.4, -0.2) is 17.0 Å². The third-order valence-electron chi connectivity index (χ3n) is 3.42. The smallest absolute Gasteiger partial charge is 0.135 e. The van der Waals surface area contributed by atoms with Crippen LogP contribution in [0, 0.1) is 0 Å². The number of halogens is 1. The molecule has 0 amide bonds. The van der Waals surface area contributed by atoms with E-state index in [0.29, 0.717) is 5.02 Å². The molecule has 1 aromatic heterocycles. The van der Waals surface area contributed by atoms with E-state index in [4.69, 9.17) is 11.6 Å². The molecule has 0 radical (unpaired) electrons. The highest BCUT2D eigenvalue weighted by Gasteiger charge is 2.05.